The zero-order valence-electron chi connectivity index (χ0n) is 14.0. The number of aromatic nitrogens is 2. The topological polar surface area (TPSA) is 71.3 Å². The predicted octanol–water partition coefficient (Wildman–Crippen LogP) is 2.96. The lowest BCUT2D eigenvalue weighted by molar-refractivity contribution is 0.172. The molecule has 1 atom stereocenters. The van der Waals surface area contributed by atoms with Gasteiger partial charge in [-0.25, -0.2) is 4.79 Å². The molecule has 2 rings (SSSR count). The second-order valence-corrected chi connectivity index (χ2v) is 6.52. The van der Waals surface area contributed by atoms with E-state index < -0.39 is 0 Å². The van der Waals surface area contributed by atoms with Crippen LogP contribution < -0.4 is 5.32 Å². The number of amides is 2. The molecule has 2 heterocycles. The molecular formula is C16H28N4O2. The number of hydrogen-bond acceptors (Lipinski definition) is 4. The van der Waals surface area contributed by atoms with Gasteiger partial charge in [-0.1, -0.05) is 32.3 Å². The molecule has 0 unspecified atom stereocenters. The van der Waals surface area contributed by atoms with Crippen LogP contribution in [0.15, 0.2) is 4.52 Å². The van der Waals surface area contributed by atoms with Crippen molar-refractivity contribution in [3.8, 4) is 0 Å². The van der Waals surface area contributed by atoms with E-state index in [4.69, 9.17) is 4.52 Å². The van der Waals surface area contributed by atoms with E-state index in [0.717, 1.165) is 51.0 Å². The van der Waals surface area contributed by atoms with E-state index in [-0.39, 0.29) is 11.9 Å². The zero-order valence-corrected chi connectivity index (χ0v) is 14.0. The number of carbonyl (C=O) groups is 1. The molecule has 0 aromatic carbocycles. The third kappa shape index (κ3) is 4.71. The molecule has 0 saturated carbocycles. The summed E-state index contributed by atoms with van der Waals surface area (Å²) in [5, 5.41) is 7.03. The van der Waals surface area contributed by atoms with E-state index in [1.165, 1.54) is 0 Å². The van der Waals surface area contributed by atoms with Gasteiger partial charge in [0.25, 0.3) is 0 Å². The molecule has 124 valence electrons. The smallest absolute Gasteiger partial charge is 0.317 e. The van der Waals surface area contributed by atoms with Crippen molar-refractivity contribution in [3.05, 3.63) is 11.7 Å². The van der Waals surface area contributed by atoms with Crippen LogP contribution in [0.5, 0.6) is 0 Å². The van der Waals surface area contributed by atoms with E-state index in [9.17, 15) is 4.79 Å². The van der Waals surface area contributed by atoms with Crippen molar-refractivity contribution in [2.24, 2.45) is 5.92 Å². The highest BCUT2D eigenvalue weighted by molar-refractivity contribution is 5.74. The molecule has 1 N–H and O–H groups in total. The fourth-order valence-electron chi connectivity index (χ4n) is 2.73. The van der Waals surface area contributed by atoms with Crippen molar-refractivity contribution < 1.29 is 9.32 Å². The lowest BCUT2D eigenvalue weighted by Crippen LogP contribution is -2.45. The second kappa shape index (κ2) is 8.15. The maximum Gasteiger partial charge on any atom is 0.317 e. The molecule has 1 fully saturated rings. The van der Waals surface area contributed by atoms with Crippen LogP contribution in [0, 0.1) is 5.92 Å². The van der Waals surface area contributed by atoms with E-state index in [1.54, 1.807) is 0 Å². The number of rotatable bonds is 6. The number of urea groups is 1. The van der Waals surface area contributed by atoms with Gasteiger partial charge in [0.2, 0.25) is 5.89 Å². The molecule has 1 saturated heterocycles. The maximum absolute atomic E-state index is 12.1. The summed E-state index contributed by atoms with van der Waals surface area (Å²) in [6.07, 6.45) is 4.92. The first-order valence-electron chi connectivity index (χ1n) is 8.45. The first-order valence-corrected chi connectivity index (χ1v) is 8.45. The van der Waals surface area contributed by atoms with Crippen molar-refractivity contribution in [1.82, 2.24) is 20.4 Å². The molecule has 1 aliphatic rings. The first kappa shape index (κ1) is 16.8. The quantitative estimate of drug-likeness (QED) is 0.820. The Balaban J connectivity index is 1.89. The van der Waals surface area contributed by atoms with Gasteiger partial charge in [-0.15, -0.1) is 0 Å². The highest BCUT2D eigenvalue weighted by atomic mass is 16.5. The van der Waals surface area contributed by atoms with Gasteiger partial charge < -0.3 is 14.7 Å². The molecule has 6 heteroatoms. The van der Waals surface area contributed by atoms with Gasteiger partial charge >= 0.3 is 6.03 Å². The van der Waals surface area contributed by atoms with E-state index >= 15 is 0 Å². The fourth-order valence-corrected chi connectivity index (χ4v) is 2.73. The van der Waals surface area contributed by atoms with Crippen LogP contribution in [0.3, 0.4) is 0 Å². The summed E-state index contributed by atoms with van der Waals surface area (Å²) in [5.74, 6) is 2.13. The van der Waals surface area contributed by atoms with Gasteiger partial charge in [-0.2, -0.15) is 4.98 Å². The molecular weight excluding hydrogens is 280 g/mol. The third-order valence-corrected chi connectivity index (χ3v) is 3.94. The molecule has 6 nitrogen and oxygen atoms in total. The average Bonchev–Trinajstić information content (AvgIpc) is 2.95. The van der Waals surface area contributed by atoms with Gasteiger partial charge in [0.1, 0.15) is 0 Å². The standard InChI is InChI=1S/C16H28N4O2/c1-4-5-8-17-16(21)20-9-6-7-13(11-20)15-18-14(19-22-15)10-12(2)3/h12-13H,4-11H2,1-3H3,(H,17,21)/t13-/m0/s1. The molecule has 0 radical (unpaired) electrons. The lowest BCUT2D eigenvalue weighted by atomic mass is 9.98. The van der Waals surface area contributed by atoms with Crippen LogP contribution in [-0.4, -0.2) is 40.7 Å². The van der Waals surface area contributed by atoms with Crippen LogP contribution >= 0.6 is 0 Å². The minimum atomic E-state index is 0.0278. The van der Waals surface area contributed by atoms with Gasteiger partial charge in [0.15, 0.2) is 5.82 Å². The molecule has 0 spiro atoms. The minimum absolute atomic E-state index is 0.0278. The summed E-state index contributed by atoms with van der Waals surface area (Å²) in [5.41, 5.74) is 0. The summed E-state index contributed by atoms with van der Waals surface area (Å²) in [6.45, 7) is 8.61. The van der Waals surface area contributed by atoms with E-state index in [2.05, 4.69) is 36.2 Å². The average molecular weight is 308 g/mol. The highest BCUT2D eigenvalue weighted by Gasteiger charge is 2.28. The zero-order chi connectivity index (χ0) is 15.9. The molecule has 22 heavy (non-hydrogen) atoms. The Morgan fingerprint density at radius 2 is 2.32 bits per heavy atom. The van der Waals surface area contributed by atoms with E-state index in [0.29, 0.717) is 18.4 Å². The summed E-state index contributed by atoms with van der Waals surface area (Å²) < 4.78 is 5.41. The Morgan fingerprint density at radius 1 is 1.50 bits per heavy atom. The molecule has 0 aliphatic carbocycles. The number of nitrogens with zero attached hydrogens (tertiary/aromatic N) is 3. The largest absolute Gasteiger partial charge is 0.339 e. The summed E-state index contributed by atoms with van der Waals surface area (Å²) in [6, 6.07) is 0.0278. The van der Waals surface area contributed by atoms with Crippen LogP contribution in [-0.2, 0) is 6.42 Å². The normalized spacial score (nSPS) is 18.7. The SMILES string of the molecule is CCCCNC(=O)N1CCC[C@H](c2nc(CC(C)C)no2)C1. The minimum Gasteiger partial charge on any atom is -0.339 e. The summed E-state index contributed by atoms with van der Waals surface area (Å²) in [4.78, 5) is 18.5. The second-order valence-electron chi connectivity index (χ2n) is 6.52. The Morgan fingerprint density at radius 3 is 3.05 bits per heavy atom. The Hall–Kier alpha value is -1.59. The fraction of sp³-hybridized carbons (Fsp3) is 0.812. The van der Waals surface area contributed by atoms with Crippen molar-refractivity contribution >= 4 is 6.03 Å². The van der Waals surface area contributed by atoms with Crippen LogP contribution in [0.1, 0.15) is 64.1 Å². The van der Waals surface area contributed by atoms with Gasteiger partial charge in [0, 0.05) is 26.1 Å². The maximum atomic E-state index is 12.1. The molecule has 2 amide bonds. The number of carbonyl (C=O) groups excluding carboxylic acids is 1. The Labute approximate surface area is 132 Å². The number of likely N-dealkylation sites (tertiary alicyclic amines) is 1. The van der Waals surface area contributed by atoms with Gasteiger partial charge in [-0.3, -0.25) is 0 Å². The van der Waals surface area contributed by atoms with Crippen LogP contribution in [0.25, 0.3) is 0 Å². The first-order chi connectivity index (χ1) is 10.6. The molecule has 1 aliphatic heterocycles. The lowest BCUT2D eigenvalue weighted by Gasteiger charge is -2.31. The van der Waals surface area contributed by atoms with Gasteiger partial charge in [-0.05, 0) is 25.2 Å². The van der Waals surface area contributed by atoms with Crippen molar-refractivity contribution in [3.63, 3.8) is 0 Å². The number of hydrogen-bond donors (Lipinski definition) is 1. The van der Waals surface area contributed by atoms with Crippen molar-refractivity contribution in [1.29, 1.82) is 0 Å². The number of piperidine rings is 1. The van der Waals surface area contributed by atoms with Gasteiger partial charge in [0.05, 0.1) is 5.92 Å². The predicted molar refractivity (Wildman–Crippen MR) is 84.7 cm³/mol. The Bertz CT molecular complexity index is 472. The summed E-state index contributed by atoms with van der Waals surface area (Å²) >= 11 is 0. The van der Waals surface area contributed by atoms with Crippen molar-refractivity contribution in [2.75, 3.05) is 19.6 Å². The monoisotopic (exact) mass is 308 g/mol. The molecule has 1 aromatic heterocycles. The number of unbranched alkanes of at least 4 members (excludes halogenated alkanes) is 1. The van der Waals surface area contributed by atoms with Crippen LogP contribution in [0.2, 0.25) is 0 Å². The van der Waals surface area contributed by atoms with Crippen molar-refractivity contribution in [2.45, 2.75) is 58.8 Å². The third-order valence-electron chi connectivity index (χ3n) is 3.94. The summed E-state index contributed by atoms with van der Waals surface area (Å²) in [7, 11) is 0. The highest BCUT2D eigenvalue weighted by Crippen LogP contribution is 2.26. The Kier molecular flexibility index (Phi) is 6.21. The van der Waals surface area contributed by atoms with Crippen LogP contribution in [0.4, 0.5) is 4.79 Å². The van der Waals surface area contributed by atoms with E-state index in [1.807, 2.05) is 4.90 Å². The molecule has 1 aromatic rings. The molecule has 0 bridgehead atoms. The number of nitrogens with one attached hydrogen (secondary N) is 1.